The SMILES string of the molecule is C[C@H](N)C(=O)NC1(C(=O)N[C@@H](Cc2ccccc2)C(=O)O)CCOCC1. The Kier molecular flexibility index (Phi) is 6.70. The molecule has 0 saturated carbocycles. The summed E-state index contributed by atoms with van der Waals surface area (Å²) in [5.41, 5.74) is 5.17. The number of hydrogen-bond acceptors (Lipinski definition) is 5. The van der Waals surface area contributed by atoms with Gasteiger partial charge in [-0.1, -0.05) is 30.3 Å². The third-order valence-electron chi connectivity index (χ3n) is 4.44. The van der Waals surface area contributed by atoms with Gasteiger partial charge < -0.3 is 26.2 Å². The molecule has 0 bridgehead atoms. The summed E-state index contributed by atoms with van der Waals surface area (Å²) in [6.07, 6.45) is 0.666. The smallest absolute Gasteiger partial charge is 0.326 e. The maximum Gasteiger partial charge on any atom is 0.326 e. The first-order chi connectivity index (χ1) is 12.3. The average molecular weight is 363 g/mol. The summed E-state index contributed by atoms with van der Waals surface area (Å²) >= 11 is 0. The van der Waals surface area contributed by atoms with Gasteiger partial charge in [-0.2, -0.15) is 0 Å². The normalized spacial score (nSPS) is 18.4. The lowest BCUT2D eigenvalue weighted by atomic mass is 9.88. The van der Waals surface area contributed by atoms with Gasteiger partial charge in [-0.15, -0.1) is 0 Å². The molecule has 8 nitrogen and oxygen atoms in total. The molecule has 1 saturated heterocycles. The minimum absolute atomic E-state index is 0.149. The van der Waals surface area contributed by atoms with Crippen LogP contribution in [-0.2, 0) is 25.5 Å². The van der Waals surface area contributed by atoms with E-state index in [1.54, 1.807) is 24.3 Å². The van der Waals surface area contributed by atoms with Crippen molar-refractivity contribution in [3.8, 4) is 0 Å². The second kappa shape index (κ2) is 8.77. The molecule has 0 aliphatic carbocycles. The summed E-state index contributed by atoms with van der Waals surface area (Å²) in [5.74, 6) is -2.13. The fraction of sp³-hybridized carbons (Fsp3) is 0.500. The zero-order valence-electron chi connectivity index (χ0n) is 14.7. The van der Waals surface area contributed by atoms with Crippen molar-refractivity contribution in [2.75, 3.05) is 13.2 Å². The van der Waals surface area contributed by atoms with Gasteiger partial charge in [0, 0.05) is 32.5 Å². The van der Waals surface area contributed by atoms with Crippen LogP contribution in [0.15, 0.2) is 30.3 Å². The maximum atomic E-state index is 12.9. The van der Waals surface area contributed by atoms with E-state index in [0.29, 0.717) is 13.2 Å². The van der Waals surface area contributed by atoms with Crippen LogP contribution in [0.25, 0.3) is 0 Å². The second-order valence-electron chi connectivity index (χ2n) is 6.53. The molecular formula is C18H25N3O5. The standard InChI is InChI=1S/C18H25N3O5/c1-12(19)15(22)21-18(7-9-26-10-8-18)17(25)20-14(16(23)24)11-13-5-3-2-4-6-13/h2-6,12,14H,7-11,19H2,1H3,(H,20,25)(H,21,22)(H,23,24)/t12-,14-/m0/s1. The van der Waals surface area contributed by atoms with Crippen LogP contribution in [0, 0.1) is 0 Å². The Morgan fingerprint density at radius 3 is 2.38 bits per heavy atom. The monoisotopic (exact) mass is 363 g/mol. The minimum Gasteiger partial charge on any atom is -0.480 e. The van der Waals surface area contributed by atoms with Crippen LogP contribution >= 0.6 is 0 Å². The molecule has 2 atom stereocenters. The van der Waals surface area contributed by atoms with Gasteiger partial charge in [-0.3, -0.25) is 9.59 Å². The van der Waals surface area contributed by atoms with Crippen molar-refractivity contribution in [1.82, 2.24) is 10.6 Å². The number of hydrogen-bond donors (Lipinski definition) is 4. The maximum absolute atomic E-state index is 12.9. The van der Waals surface area contributed by atoms with Crippen LogP contribution in [0.5, 0.6) is 0 Å². The molecule has 5 N–H and O–H groups in total. The summed E-state index contributed by atoms with van der Waals surface area (Å²) in [6, 6.07) is 7.16. The predicted molar refractivity (Wildman–Crippen MR) is 94.3 cm³/mol. The van der Waals surface area contributed by atoms with Gasteiger partial charge in [0.05, 0.1) is 6.04 Å². The molecule has 0 aromatic heterocycles. The molecule has 1 aromatic carbocycles. The highest BCUT2D eigenvalue weighted by molar-refractivity contribution is 5.95. The number of ether oxygens (including phenoxy) is 1. The number of rotatable bonds is 7. The summed E-state index contributed by atoms with van der Waals surface area (Å²) in [4.78, 5) is 36.6. The Morgan fingerprint density at radius 2 is 1.85 bits per heavy atom. The Morgan fingerprint density at radius 1 is 1.23 bits per heavy atom. The molecule has 26 heavy (non-hydrogen) atoms. The second-order valence-corrected chi connectivity index (χ2v) is 6.53. The van der Waals surface area contributed by atoms with Crippen LogP contribution < -0.4 is 16.4 Å². The van der Waals surface area contributed by atoms with Gasteiger partial charge in [0.15, 0.2) is 0 Å². The van der Waals surface area contributed by atoms with E-state index in [2.05, 4.69) is 10.6 Å². The number of carbonyl (C=O) groups is 3. The van der Waals surface area contributed by atoms with Crippen LogP contribution in [0.3, 0.4) is 0 Å². The van der Waals surface area contributed by atoms with Crippen molar-refractivity contribution in [2.45, 2.75) is 43.8 Å². The molecule has 0 spiro atoms. The highest BCUT2D eigenvalue weighted by atomic mass is 16.5. The highest BCUT2D eigenvalue weighted by Crippen LogP contribution is 2.22. The van der Waals surface area contributed by atoms with Gasteiger partial charge in [0.25, 0.3) is 0 Å². The molecule has 1 heterocycles. The van der Waals surface area contributed by atoms with Gasteiger partial charge in [-0.25, -0.2) is 4.79 Å². The van der Waals surface area contributed by atoms with Crippen LogP contribution in [0.4, 0.5) is 0 Å². The number of carboxylic acid groups (broad SMARTS) is 1. The quantitative estimate of drug-likeness (QED) is 0.531. The van der Waals surface area contributed by atoms with E-state index in [0.717, 1.165) is 5.56 Å². The molecule has 1 aromatic rings. The molecule has 2 rings (SSSR count). The summed E-state index contributed by atoms with van der Waals surface area (Å²) in [5, 5.41) is 14.8. The van der Waals surface area contributed by atoms with Gasteiger partial charge >= 0.3 is 5.97 Å². The van der Waals surface area contributed by atoms with E-state index in [9.17, 15) is 19.5 Å². The summed E-state index contributed by atoms with van der Waals surface area (Å²) in [6.45, 7) is 2.11. The zero-order valence-corrected chi connectivity index (χ0v) is 14.7. The fourth-order valence-electron chi connectivity index (χ4n) is 2.82. The number of carboxylic acids is 1. The van der Waals surface area contributed by atoms with E-state index in [1.165, 1.54) is 6.92 Å². The number of nitrogens with one attached hydrogen (secondary N) is 2. The molecule has 1 aliphatic rings. The number of benzene rings is 1. The summed E-state index contributed by atoms with van der Waals surface area (Å²) < 4.78 is 5.29. The first-order valence-corrected chi connectivity index (χ1v) is 8.57. The van der Waals surface area contributed by atoms with Gasteiger partial charge in [0.2, 0.25) is 11.8 Å². The van der Waals surface area contributed by atoms with Crippen molar-refractivity contribution < 1.29 is 24.2 Å². The molecule has 0 radical (unpaired) electrons. The van der Waals surface area contributed by atoms with Crippen LogP contribution in [0.2, 0.25) is 0 Å². The van der Waals surface area contributed by atoms with Gasteiger partial charge in [0.1, 0.15) is 11.6 Å². The lowest BCUT2D eigenvalue weighted by molar-refractivity contribution is -0.145. The summed E-state index contributed by atoms with van der Waals surface area (Å²) in [7, 11) is 0. The highest BCUT2D eigenvalue weighted by Gasteiger charge is 2.43. The van der Waals surface area contributed by atoms with E-state index in [-0.39, 0.29) is 19.3 Å². The lowest BCUT2D eigenvalue weighted by Crippen LogP contribution is -2.65. The fourth-order valence-corrected chi connectivity index (χ4v) is 2.82. The van der Waals surface area contributed by atoms with Crippen molar-refractivity contribution in [2.24, 2.45) is 5.73 Å². The van der Waals surface area contributed by atoms with E-state index >= 15 is 0 Å². The minimum atomic E-state index is -1.21. The number of nitrogens with two attached hydrogens (primary N) is 1. The molecule has 1 aliphatic heterocycles. The van der Waals surface area contributed by atoms with E-state index in [4.69, 9.17) is 10.5 Å². The number of amides is 2. The van der Waals surface area contributed by atoms with Crippen LogP contribution in [-0.4, -0.2) is 53.7 Å². The zero-order chi connectivity index (χ0) is 19.2. The van der Waals surface area contributed by atoms with Crippen molar-refractivity contribution >= 4 is 17.8 Å². The predicted octanol–water partition coefficient (Wildman–Crippen LogP) is -0.189. The Balaban J connectivity index is 2.15. The Hall–Kier alpha value is -2.45. The number of carbonyl (C=O) groups excluding carboxylic acids is 2. The van der Waals surface area contributed by atoms with Crippen molar-refractivity contribution in [3.63, 3.8) is 0 Å². The molecule has 2 amide bonds. The average Bonchev–Trinajstić information content (AvgIpc) is 2.62. The van der Waals surface area contributed by atoms with Crippen LogP contribution in [0.1, 0.15) is 25.3 Å². The van der Waals surface area contributed by atoms with Crippen molar-refractivity contribution in [1.29, 1.82) is 0 Å². The van der Waals surface area contributed by atoms with E-state index < -0.39 is 35.4 Å². The Bertz CT molecular complexity index is 641. The lowest BCUT2D eigenvalue weighted by Gasteiger charge is -2.37. The molecule has 1 fully saturated rings. The third kappa shape index (κ3) is 5.03. The Labute approximate surface area is 152 Å². The number of aliphatic carboxylic acids is 1. The van der Waals surface area contributed by atoms with Crippen molar-refractivity contribution in [3.05, 3.63) is 35.9 Å². The first-order valence-electron chi connectivity index (χ1n) is 8.57. The third-order valence-corrected chi connectivity index (χ3v) is 4.44. The van der Waals surface area contributed by atoms with Gasteiger partial charge in [-0.05, 0) is 12.5 Å². The van der Waals surface area contributed by atoms with E-state index in [1.807, 2.05) is 6.07 Å². The molecular weight excluding hydrogens is 338 g/mol. The molecule has 0 unspecified atom stereocenters. The molecule has 8 heteroatoms. The first kappa shape index (κ1) is 19.9. The largest absolute Gasteiger partial charge is 0.480 e. The molecule has 142 valence electrons. The topological polar surface area (TPSA) is 131 Å².